The second-order valence-corrected chi connectivity index (χ2v) is 8.55. The Morgan fingerprint density at radius 3 is 2.26 bits per heavy atom. The van der Waals surface area contributed by atoms with Gasteiger partial charge in [0.05, 0.1) is 17.6 Å². The van der Waals surface area contributed by atoms with Gasteiger partial charge in [-0.15, -0.1) is 0 Å². The molecule has 11 heteroatoms. The van der Waals surface area contributed by atoms with Crippen LogP contribution >= 0.6 is 0 Å². The molecule has 1 aromatic carbocycles. The summed E-state index contributed by atoms with van der Waals surface area (Å²) in [6.45, 7) is 5.88. The molecule has 0 saturated carbocycles. The number of hydrogen-bond donors (Lipinski definition) is 1. The molecular formula is C20H26F3N3O5. The summed E-state index contributed by atoms with van der Waals surface area (Å²) in [6, 6.07) is 1.59. The van der Waals surface area contributed by atoms with Crippen LogP contribution in [0.2, 0.25) is 0 Å². The topological polar surface area (TPSA) is 102 Å². The summed E-state index contributed by atoms with van der Waals surface area (Å²) < 4.78 is 43.5. The Bertz CT molecular complexity index is 843. The molecule has 1 heterocycles. The number of nitro groups is 1. The highest BCUT2D eigenvalue weighted by Crippen LogP contribution is 2.37. The Morgan fingerprint density at radius 2 is 1.81 bits per heavy atom. The lowest BCUT2D eigenvalue weighted by molar-refractivity contribution is -0.384. The quantitative estimate of drug-likeness (QED) is 0.423. The number of amides is 1. The summed E-state index contributed by atoms with van der Waals surface area (Å²) in [7, 11) is 1.24. The van der Waals surface area contributed by atoms with Crippen molar-refractivity contribution in [2.75, 3.05) is 25.1 Å². The van der Waals surface area contributed by atoms with Gasteiger partial charge in [0.2, 0.25) is 5.91 Å². The number of esters is 1. The van der Waals surface area contributed by atoms with Gasteiger partial charge < -0.3 is 15.0 Å². The zero-order chi connectivity index (χ0) is 23.6. The van der Waals surface area contributed by atoms with Crippen molar-refractivity contribution in [3.05, 3.63) is 33.9 Å². The lowest BCUT2D eigenvalue weighted by Crippen LogP contribution is -2.52. The molecule has 1 aromatic rings. The number of halogens is 3. The van der Waals surface area contributed by atoms with E-state index < -0.39 is 45.7 Å². The lowest BCUT2D eigenvalue weighted by Gasteiger charge is -2.35. The number of nitrogens with zero attached hydrogens (tertiary/aromatic N) is 2. The van der Waals surface area contributed by atoms with E-state index in [1.165, 1.54) is 7.11 Å². The first-order valence-corrected chi connectivity index (χ1v) is 9.74. The maximum absolute atomic E-state index is 12.9. The van der Waals surface area contributed by atoms with Gasteiger partial charge in [-0.25, -0.2) is 4.79 Å². The largest absolute Gasteiger partial charge is 0.467 e. The van der Waals surface area contributed by atoms with Crippen molar-refractivity contribution in [1.29, 1.82) is 0 Å². The van der Waals surface area contributed by atoms with Crippen LogP contribution in [0.4, 0.5) is 24.5 Å². The first-order valence-electron chi connectivity index (χ1n) is 9.74. The monoisotopic (exact) mass is 445 g/mol. The van der Waals surface area contributed by atoms with Crippen molar-refractivity contribution in [2.45, 2.75) is 45.8 Å². The molecule has 172 valence electrons. The van der Waals surface area contributed by atoms with E-state index in [-0.39, 0.29) is 24.7 Å². The SMILES string of the molecule is COC(=O)C(NC(=O)C1CCN(c2ccc(C(F)(F)F)cc2[N+](=O)[O-])CC1)C(C)(C)C. The zero-order valence-corrected chi connectivity index (χ0v) is 17.8. The predicted octanol–water partition coefficient (Wildman–Crippen LogP) is 3.53. The third-order valence-electron chi connectivity index (χ3n) is 5.30. The van der Waals surface area contributed by atoms with Crippen LogP contribution in [0.25, 0.3) is 0 Å². The van der Waals surface area contributed by atoms with Crippen LogP contribution < -0.4 is 10.2 Å². The van der Waals surface area contributed by atoms with E-state index in [0.29, 0.717) is 18.9 Å². The normalized spacial score (nSPS) is 16.5. The van der Waals surface area contributed by atoms with E-state index in [1.807, 2.05) is 0 Å². The Labute approximate surface area is 177 Å². The highest BCUT2D eigenvalue weighted by atomic mass is 19.4. The number of anilines is 1. The van der Waals surface area contributed by atoms with Crippen LogP contribution in [0.1, 0.15) is 39.2 Å². The van der Waals surface area contributed by atoms with Gasteiger partial charge in [-0.05, 0) is 30.4 Å². The number of nitro benzene ring substituents is 1. The Hall–Kier alpha value is -2.85. The van der Waals surface area contributed by atoms with Crippen molar-refractivity contribution in [2.24, 2.45) is 11.3 Å². The van der Waals surface area contributed by atoms with Crippen LogP contribution in [0.5, 0.6) is 0 Å². The molecule has 2 rings (SSSR count). The van der Waals surface area contributed by atoms with Crippen molar-refractivity contribution in [3.8, 4) is 0 Å². The molecule has 0 spiro atoms. The molecule has 0 aromatic heterocycles. The van der Waals surface area contributed by atoms with E-state index >= 15 is 0 Å². The van der Waals surface area contributed by atoms with Crippen LogP contribution in [0.3, 0.4) is 0 Å². The van der Waals surface area contributed by atoms with Crippen LogP contribution in [0, 0.1) is 21.4 Å². The summed E-state index contributed by atoms with van der Waals surface area (Å²) >= 11 is 0. The highest BCUT2D eigenvalue weighted by molar-refractivity contribution is 5.86. The Kier molecular flexibility index (Phi) is 7.17. The van der Waals surface area contributed by atoms with E-state index in [4.69, 9.17) is 4.74 Å². The van der Waals surface area contributed by atoms with E-state index in [1.54, 1.807) is 25.7 Å². The second kappa shape index (κ2) is 9.11. The summed E-state index contributed by atoms with van der Waals surface area (Å²) in [5.41, 5.74) is -2.20. The number of ether oxygens (including phenoxy) is 1. The van der Waals surface area contributed by atoms with Gasteiger partial charge in [0.1, 0.15) is 11.7 Å². The molecule has 1 N–H and O–H groups in total. The van der Waals surface area contributed by atoms with Crippen molar-refractivity contribution in [3.63, 3.8) is 0 Å². The minimum Gasteiger partial charge on any atom is -0.467 e. The number of hydrogen-bond acceptors (Lipinski definition) is 6. The molecule has 1 aliphatic heterocycles. The van der Waals surface area contributed by atoms with Crippen LogP contribution in [-0.2, 0) is 20.5 Å². The number of methoxy groups -OCH3 is 1. The fourth-order valence-corrected chi connectivity index (χ4v) is 3.50. The van der Waals surface area contributed by atoms with Crippen molar-refractivity contribution < 1.29 is 32.4 Å². The fraction of sp³-hybridized carbons (Fsp3) is 0.600. The lowest BCUT2D eigenvalue weighted by atomic mass is 9.85. The van der Waals surface area contributed by atoms with Gasteiger partial charge in [0.15, 0.2) is 0 Å². The zero-order valence-electron chi connectivity index (χ0n) is 17.8. The molecule has 8 nitrogen and oxygen atoms in total. The minimum atomic E-state index is -4.68. The fourth-order valence-electron chi connectivity index (χ4n) is 3.50. The molecule has 0 radical (unpaired) electrons. The molecule has 1 atom stereocenters. The van der Waals surface area contributed by atoms with Gasteiger partial charge in [-0.2, -0.15) is 13.2 Å². The second-order valence-electron chi connectivity index (χ2n) is 8.55. The number of piperidine rings is 1. The minimum absolute atomic E-state index is 0.0824. The average Bonchev–Trinajstić information content (AvgIpc) is 2.69. The molecule has 1 saturated heterocycles. The summed E-state index contributed by atoms with van der Waals surface area (Å²) in [5.74, 6) is -1.31. The molecule has 1 amide bonds. The average molecular weight is 445 g/mol. The third kappa shape index (κ3) is 5.86. The van der Waals surface area contributed by atoms with Gasteiger partial charge in [-0.1, -0.05) is 20.8 Å². The van der Waals surface area contributed by atoms with Gasteiger partial charge in [-0.3, -0.25) is 14.9 Å². The van der Waals surface area contributed by atoms with Crippen LogP contribution in [-0.4, -0.2) is 43.0 Å². The summed E-state index contributed by atoms with van der Waals surface area (Å²) in [5, 5.41) is 14.0. The van der Waals surface area contributed by atoms with Crippen molar-refractivity contribution >= 4 is 23.3 Å². The van der Waals surface area contributed by atoms with E-state index in [9.17, 15) is 32.9 Å². The highest BCUT2D eigenvalue weighted by Gasteiger charge is 2.37. The van der Waals surface area contributed by atoms with Crippen LogP contribution in [0.15, 0.2) is 18.2 Å². The first-order chi connectivity index (χ1) is 14.3. The summed E-state index contributed by atoms with van der Waals surface area (Å²) in [4.78, 5) is 36.8. The molecular weight excluding hydrogens is 419 g/mol. The maximum Gasteiger partial charge on any atom is 0.416 e. The molecule has 31 heavy (non-hydrogen) atoms. The van der Waals surface area contributed by atoms with Gasteiger partial charge >= 0.3 is 12.1 Å². The predicted molar refractivity (Wildman–Crippen MR) is 106 cm³/mol. The van der Waals surface area contributed by atoms with E-state index in [2.05, 4.69) is 5.32 Å². The van der Waals surface area contributed by atoms with Crippen molar-refractivity contribution in [1.82, 2.24) is 5.32 Å². The molecule has 0 bridgehead atoms. The number of rotatable bonds is 5. The number of benzene rings is 1. The third-order valence-corrected chi connectivity index (χ3v) is 5.30. The Balaban J connectivity index is 2.11. The van der Waals surface area contributed by atoms with E-state index in [0.717, 1.165) is 12.1 Å². The molecule has 1 fully saturated rings. The number of carbonyl (C=O) groups excluding carboxylic acids is 2. The standard InChI is InChI=1S/C20H26F3N3O5/c1-19(2,3)16(18(28)31-4)24-17(27)12-7-9-25(10-8-12)14-6-5-13(20(21,22)23)11-15(14)26(29)30/h5-6,11-12,16H,7-10H2,1-4H3,(H,24,27). The number of alkyl halides is 3. The molecule has 1 aliphatic rings. The molecule has 1 unspecified atom stereocenters. The Morgan fingerprint density at radius 1 is 1.23 bits per heavy atom. The number of carbonyl (C=O) groups is 2. The first kappa shape index (κ1) is 24.4. The number of nitrogens with one attached hydrogen (secondary N) is 1. The molecule has 0 aliphatic carbocycles. The smallest absolute Gasteiger partial charge is 0.416 e. The maximum atomic E-state index is 12.9. The van der Waals surface area contributed by atoms with Gasteiger partial charge in [0.25, 0.3) is 5.69 Å². The van der Waals surface area contributed by atoms with Gasteiger partial charge in [0, 0.05) is 25.1 Å². The summed E-state index contributed by atoms with van der Waals surface area (Å²) in [6.07, 6.45) is -4.01.